The molecule has 1 amide bonds. The van der Waals surface area contributed by atoms with Crippen LogP contribution in [0.3, 0.4) is 0 Å². The molecule has 10 heteroatoms. The Labute approximate surface area is 156 Å². The van der Waals surface area contributed by atoms with Gasteiger partial charge in [0, 0.05) is 38.4 Å². The van der Waals surface area contributed by atoms with Crippen molar-refractivity contribution in [3.63, 3.8) is 0 Å². The van der Waals surface area contributed by atoms with Gasteiger partial charge in [-0.15, -0.1) is 11.8 Å². The lowest BCUT2D eigenvalue weighted by Gasteiger charge is -2.34. The summed E-state index contributed by atoms with van der Waals surface area (Å²) in [6.07, 6.45) is 0.266. The monoisotopic (exact) mass is 404 g/mol. The second kappa shape index (κ2) is 9.33. The van der Waals surface area contributed by atoms with Gasteiger partial charge in [-0.25, -0.2) is 12.8 Å². The largest absolute Gasteiger partial charge is 0.468 e. The molecule has 1 aromatic carbocycles. The van der Waals surface area contributed by atoms with Gasteiger partial charge in [0.1, 0.15) is 10.7 Å². The number of hydrogen-bond donors (Lipinski definition) is 0. The fraction of sp³-hybridized carbons (Fsp3) is 0.500. The van der Waals surface area contributed by atoms with Crippen molar-refractivity contribution in [1.29, 1.82) is 0 Å². The molecule has 1 saturated heterocycles. The highest BCUT2D eigenvalue weighted by Crippen LogP contribution is 2.20. The topological polar surface area (TPSA) is 84.0 Å². The molecule has 0 atom stereocenters. The minimum atomic E-state index is -3.91. The Morgan fingerprint density at radius 2 is 1.85 bits per heavy atom. The molecule has 0 bridgehead atoms. The maximum atomic E-state index is 13.8. The summed E-state index contributed by atoms with van der Waals surface area (Å²) in [4.78, 5) is 24.4. The Bertz CT molecular complexity index is 749. The van der Waals surface area contributed by atoms with Crippen LogP contribution < -0.4 is 0 Å². The predicted octanol–water partition coefficient (Wildman–Crippen LogP) is 0.955. The molecule has 0 saturated carbocycles. The van der Waals surface area contributed by atoms with Crippen LogP contribution >= 0.6 is 11.8 Å². The van der Waals surface area contributed by atoms with Gasteiger partial charge in [0.15, 0.2) is 0 Å². The third kappa shape index (κ3) is 5.18. The third-order valence-corrected chi connectivity index (χ3v) is 6.82. The summed E-state index contributed by atoms with van der Waals surface area (Å²) in [5.41, 5.74) is 0. The van der Waals surface area contributed by atoms with Crippen LogP contribution in [0.5, 0.6) is 0 Å². The molecule has 0 unspecified atom stereocenters. The van der Waals surface area contributed by atoms with Crippen LogP contribution in [0.2, 0.25) is 0 Å². The number of nitrogens with zero attached hydrogens (tertiary/aromatic N) is 2. The van der Waals surface area contributed by atoms with Gasteiger partial charge in [0.2, 0.25) is 15.9 Å². The minimum Gasteiger partial charge on any atom is -0.468 e. The summed E-state index contributed by atoms with van der Waals surface area (Å²) in [5, 5.41) is 0. The molecule has 7 nitrogen and oxygen atoms in total. The molecule has 0 aromatic heterocycles. The van der Waals surface area contributed by atoms with E-state index in [1.807, 2.05) is 0 Å². The number of piperazine rings is 1. The summed E-state index contributed by atoms with van der Waals surface area (Å²) in [5.74, 6) is -0.534. The Morgan fingerprint density at radius 1 is 1.19 bits per heavy atom. The average molecular weight is 404 g/mol. The lowest BCUT2D eigenvalue weighted by atomic mass is 10.3. The molecule has 1 fully saturated rings. The second-order valence-electron chi connectivity index (χ2n) is 5.59. The van der Waals surface area contributed by atoms with E-state index in [2.05, 4.69) is 4.74 Å². The number of benzene rings is 1. The van der Waals surface area contributed by atoms with Gasteiger partial charge < -0.3 is 9.64 Å². The van der Waals surface area contributed by atoms with Crippen molar-refractivity contribution in [3.8, 4) is 0 Å². The van der Waals surface area contributed by atoms with E-state index in [0.717, 1.165) is 6.07 Å². The first kappa shape index (κ1) is 20.7. The lowest BCUT2D eigenvalue weighted by Crippen LogP contribution is -2.50. The number of thioether (sulfide) groups is 1. The van der Waals surface area contributed by atoms with Crippen molar-refractivity contribution in [2.24, 2.45) is 0 Å². The quantitative estimate of drug-likeness (QED) is 0.497. The SMILES string of the molecule is COC(=O)CSCCC(=O)N1CCN(S(=O)(=O)c2ccccc2F)CC1. The Hall–Kier alpha value is -1.65. The fourth-order valence-corrected chi connectivity index (χ4v) is 4.74. The van der Waals surface area contributed by atoms with Crippen molar-refractivity contribution in [2.45, 2.75) is 11.3 Å². The molecule has 26 heavy (non-hydrogen) atoms. The smallest absolute Gasteiger partial charge is 0.315 e. The van der Waals surface area contributed by atoms with E-state index >= 15 is 0 Å². The second-order valence-corrected chi connectivity index (χ2v) is 8.61. The summed E-state index contributed by atoms with van der Waals surface area (Å²) in [6.45, 7) is 0.762. The van der Waals surface area contributed by atoms with Crippen LogP contribution in [0.15, 0.2) is 29.2 Å². The van der Waals surface area contributed by atoms with Gasteiger partial charge in [-0.3, -0.25) is 9.59 Å². The van der Waals surface area contributed by atoms with Gasteiger partial charge in [-0.1, -0.05) is 12.1 Å². The number of sulfonamides is 1. The summed E-state index contributed by atoms with van der Waals surface area (Å²) < 4.78 is 44.6. The molecule has 2 rings (SSSR count). The molecule has 0 radical (unpaired) electrons. The molecule has 0 N–H and O–H groups in total. The van der Waals surface area contributed by atoms with Crippen LogP contribution in [0, 0.1) is 5.82 Å². The normalized spacial score (nSPS) is 15.7. The number of amides is 1. The Morgan fingerprint density at radius 3 is 2.46 bits per heavy atom. The van der Waals surface area contributed by atoms with Crippen LogP contribution in [-0.4, -0.2) is 74.3 Å². The fourth-order valence-electron chi connectivity index (χ4n) is 2.50. The van der Waals surface area contributed by atoms with E-state index in [4.69, 9.17) is 0 Å². The molecule has 144 valence electrons. The number of halogens is 1. The third-order valence-electron chi connectivity index (χ3n) is 3.95. The predicted molar refractivity (Wildman–Crippen MR) is 95.7 cm³/mol. The molecule has 0 aliphatic carbocycles. The van der Waals surface area contributed by atoms with Gasteiger partial charge in [0.25, 0.3) is 0 Å². The molecule has 1 aromatic rings. The highest BCUT2D eigenvalue weighted by molar-refractivity contribution is 7.99. The van der Waals surface area contributed by atoms with Crippen molar-refractivity contribution >= 4 is 33.7 Å². The maximum absolute atomic E-state index is 13.8. The number of carbonyl (C=O) groups is 2. The number of hydrogen-bond acceptors (Lipinski definition) is 6. The summed E-state index contributed by atoms with van der Waals surface area (Å²) >= 11 is 1.31. The summed E-state index contributed by atoms with van der Waals surface area (Å²) in [7, 11) is -2.60. The Kier molecular flexibility index (Phi) is 7.42. The highest BCUT2D eigenvalue weighted by atomic mass is 32.2. The average Bonchev–Trinajstić information content (AvgIpc) is 2.65. The number of carbonyl (C=O) groups excluding carboxylic acids is 2. The van der Waals surface area contributed by atoms with E-state index in [1.54, 1.807) is 4.90 Å². The standard InChI is InChI=1S/C16H21FN2O5S2/c1-24-16(21)12-25-11-6-15(20)18-7-9-19(10-8-18)26(22,23)14-5-3-2-4-13(14)17/h2-5H,6-12H2,1H3. The van der Waals surface area contributed by atoms with E-state index in [0.29, 0.717) is 5.75 Å². The molecule has 1 aliphatic heterocycles. The molecular formula is C16H21FN2O5S2. The molecule has 1 heterocycles. The van der Waals surface area contributed by atoms with Crippen molar-refractivity contribution in [1.82, 2.24) is 9.21 Å². The minimum absolute atomic E-state index is 0.0923. The number of esters is 1. The van der Waals surface area contributed by atoms with Crippen molar-refractivity contribution in [3.05, 3.63) is 30.1 Å². The zero-order chi connectivity index (χ0) is 19.2. The highest BCUT2D eigenvalue weighted by Gasteiger charge is 2.31. The van der Waals surface area contributed by atoms with Crippen LogP contribution in [0.25, 0.3) is 0 Å². The van der Waals surface area contributed by atoms with Gasteiger partial charge >= 0.3 is 5.97 Å². The number of rotatable bonds is 7. The first-order valence-electron chi connectivity index (χ1n) is 8.03. The molecule has 1 aliphatic rings. The van der Waals surface area contributed by atoms with E-state index in [1.165, 1.54) is 41.4 Å². The zero-order valence-electron chi connectivity index (χ0n) is 14.4. The van der Waals surface area contributed by atoms with E-state index < -0.39 is 15.8 Å². The lowest BCUT2D eigenvalue weighted by molar-refractivity contribution is -0.137. The van der Waals surface area contributed by atoms with Crippen molar-refractivity contribution < 1.29 is 27.1 Å². The molecule has 0 spiro atoms. The first-order chi connectivity index (χ1) is 12.4. The zero-order valence-corrected chi connectivity index (χ0v) is 16.0. The first-order valence-corrected chi connectivity index (χ1v) is 10.6. The van der Waals surface area contributed by atoms with Gasteiger partial charge in [-0.2, -0.15) is 4.31 Å². The van der Waals surface area contributed by atoms with Gasteiger partial charge in [-0.05, 0) is 12.1 Å². The maximum Gasteiger partial charge on any atom is 0.315 e. The summed E-state index contributed by atoms with van der Waals surface area (Å²) in [6, 6.07) is 5.25. The van der Waals surface area contributed by atoms with E-state index in [9.17, 15) is 22.4 Å². The number of ether oxygens (including phenoxy) is 1. The van der Waals surface area contributed by atoms with E-state index in [-0.39, 0.29) is 55.1 Å². The van der Waals surface area contributed by atoms with Crippen LogP contribution in [-0.2, 0) is 24.3 Å². The van der Waals surface area contributed by atoms with Crippen LogP contribution in [0.1, 0.15) is 6.42 Å². The van der Waals surface area contributed by atoms with Gasteiger partial charge in [0.05, 0.1) is 12.9 Å². The van der Waals surface area contributed by atoms with Crippen LogP contribution in [0.4, 0.5) is 4.39 Å². The number of methoxy groups -OCH3 is 1. The Balaban J connectivity index is 1.84. The molecular weight excluding hydrogens is 383 g/mol. The van der Waals surface area contributed by atoms with Crippen molar-refractivity contribution in [2.75, 3.05) is 44.8 Å².